The summed E-state index contributed by atoms with van der Waals surface area (Å²) in [6.45, 7) is 5.39. The lowest BCUT2D eigenvalue weighted by Crippen LogP contribution is -2.10. The molecule has 0 saturated carbocycles. The van der Waals surface area contributed by atoms with Gasteiger partial charge in [0.25, 0.3) is 11.6 Å². The lowest BCUT2D eigenvalue weighted by molar-refractivity contribution is 0.0459. The largest absolute Gasteiger partial charge is 0.508 e. The predicted octanol–water partition coefficient (Wildman–Crippen LogP) is 2.47. The van der Waals surface area contributed by atoms with Crippen molar-refractivity contribution in [2.75, 3.05) is 0 Å². The van der Waals surface area contributed by atoms with Crippen LogP contribution >= 0.6 is 0 Å². The molecule has 9 heteroatoms. The average Bonchev–Trinajstić information content (AvgIpc) is 3.09. The first-order valence-electron chi connectivity index (χ1n) is 9.02. The molecule has 3 heterocycles. The quantitative estimate of drug-likeness (QED) is 0.414. The highest BCUT2D eigenvalue weighted by molar-refractivity contribution is 5.86. The number of nitrogens with zero attached hydrogens (tertiary/aromatic N) is 4. The topological polar surface area (TPSA) is 120 Å². The Labute approximate surface area is 164 Å². The van der Waals surface area contributed by atoms with Gasteiger partial charge in [0.1, 0.15) is 17.9 Å². The summed E-state index contributed by atoms with van der Waals surface area (Å²) in [6.07, 6.45) is 0.594. The molecule has 1 N–H and O–H groups in total. The fourth-order valence-electron chi connectivity index (χ4n) is 3.17. The van der Waals surface area contributed by atoms with Gasteiger partial charge in [0, 0.05) is 34.5 Å². The Kier molecular flexibility index (Phi) is 4.50. The summed E-state index contributed by atoms with van der Waals surface area (Å²) < 4.78 is 11.9. The van der Waals surface area contributed by atoms with Crippen LogP contribution in [0.5, 0.6) is 5.75 Å². The summed E-state index contributed by atoms with van der Waals surface area (Å²) in [4.78, 5) is 32.7. The molecule has 0 aliphatic rings. The van der Waals surface area contributed by atoms with E-state index < -0.39 is 11.6 Å². The van der Waals surface area contributed by atoms with Gasteiger partial charge in [0.15, 0.2) is 0 Å². The number of hydrogen-bond donors (Lipinski definition) is 1. The van der Waals surface area contributed by atoms with E-state index in [2.05, 4.69) is 15.1 Å². The molecule has 3 aromatic heterocycles. The van der Waals surface area contributed by atoms with Gasteiger partial charge in [-0.25, -0.2) is 19.1 Å². The Morgan fingerprint density at radius 1 is 1.17 bits per heavy atom. The number of aryl methyl sites for hydroxylation is 3. The van der Waals surface area contributed by atoms with Gasteiger partial charge in [-0.1, -0.05) is 6.92 Å². The molecule has 0 aliphatic heterocycles. The van der Waals surface area contributed by atoms with Gasteiger partial charge in [-0.2, -0.15) is 4.98 Å². The van der Waals surface area contributed by atoms with Gasteiger partial charge in [-0.05, 0) is 38.0 Å². The molecule has 0 bridgehead atoms. The summed E-state index contributed by atoms with van der Waals surface area (Å²) in [5, 5.41) is 14.7. The fraction of sp³-hybridized carbons (Fsp3) is 0.250. The van der Waals surface area contributed by atoms with Crippen LogP contribution in [0.1, 0.15) is 40.1 Å². The number of aromatic hydroxyl groups is 1. The predicted molar refractivity (Wildman–Crippen MR) is 103 cm³/mol. The van der Waals surface area contributed by atoms with Crippen molar-refractivity contribution < 1.29 is 19.1 Å². The zero-order valence-corrected chi connectivity index (χ0v) is 16.1. The number of phenols is 1. The van der Waals surface area contributed by atoms with Gasteiger partial charge in [-0.3, -0.25) is 0 Å². The number of aromatic nitrogens is 4. The van der Waals surface area contributed by atoms with Gasteiger partial charge in [-0.15, -0.1) is 5.10 Å². The maximum absolute atomic E-state index is 12.5. The zero-order chi connectivity index (χ0) is 20.7. The first-order valence-corrected chi connectivity index (χ1v) is 9.02. The van der Waals surface area contributed by atoms with Crippen LogP contribution in [-0.4, -0.2) is 30.7 Å². The Balaban J connectivity index is 1.65. The van der Waals surface area contributed by atoms with E-state index in [0.717, 1.165) is 11.4 Å². The van der Waals surface area contributed by atoms with Gasteiger partial charge in [0.2, 0.25) is 0 Å². The minimum atomic E-state index is -0.733. The SMILES string of the molecule is CCc1cc2c(COC(=O)c3nc4nc(C)cc(C)n4n3)cc(=O)oc2cc1O. The van der Waals surface area contributed by atoms with Crippen molar-refractivity contribution in [3.63, 3.8) is 0 Å². The molecule has 29 heavy (non-hydrogen) atoms. The minimum Gasteiger partial charge on any atom is -0.508 e. The van der Waals surface area contributed by atoms with Crippen LogP contribution in [0.15, 0.2) is 33.5 Å². The van der Waals surface area contributed by atoms with Crippen molar-refractivity contribution in [3.8, 4) is 5.75 Å². The lowest BCUT2D eigenvalue weighted by atomic mass is 10.0. The first-order chi connectivity index (χ1) is 13.9. The first kappa shape index (κ1) is 18.6. The van der Waals surface area contributed by atoms with Crippen molar-refractivity contribution in [1.82, 2.24) is 19.6 Å². The number of hydrogen-bond acceptors (Lipinski definition) is 8. The molecular formula is C20H18N4O5. The normalized spacial score (nSPS) is 11.3. The number of carbonyl (C=O) groups is 1. The molecule has 0 aliphatic carbocycles. The van der Waals surface area contributed by atoms with Gasteiger partial charge >= 0.3 is 11.6 Å². The highest BCUT2D eigenvalue weighted by Gasteiger charge is 2.18. The Bertz CT molecular complexity index is 1320. The van der Waals surface area contributed by atoms with E-state index in [1.807, 2.05) is 26.8 Å². The van der Waals surface area contributed by atoms with Crippen molar-refractivity contribution >= 4 is 22.7 Å². The smallest absolute Gasteiger partial charge is 0.378 e. The molecule has 9 nitrogen and oxygen atoms in total. The molecule has 0 radical (unpaired) electrons. The second-order valence-electron chi connectivity index (χ2n) is 6.68. The minimum absolute atomic E-state index is 0.0457. The van der Waals surface area contributed by atoms with Crippen LogP contribution in [0.3, 0.4) is 0 Å². The summed E-state index contributed by atoms with van der Waals surface area (Å²) in [5.41, 5.74) is 2.33. The third-order valence-corrected chi connectivity index (χ3v) is 4.57. The van der Waals surface area contributed by atoms with Crippen LogP contribution in [-0.2, 0) is 17.8 Å². The Hall–Kier alpha value is -3.75. The molecule has 4 aromatic rings. The molecule has 0 atom stereocenters. The highest BCUT2D eigenvalue weighted by atomic mass is 16.5. The molecule has 4 rings (SSSR count). The number of ether oxygens (including phenoxy) is 1. The monoisotopic (exact) mass is 394 g/mol. The highest BCUT2D eigenvalue weighted by Crippen LogP contribution is 2.27. The summed E-state index contributed by atoms with van der Waals surface area (Å²) in [7, 11) is 0. The molecule has 0 saturated heterocycles. The molecule has 0 amide bonds. The van der Waals surface area contributed by atoms with E-state index in [-0.39, 0.29) is 23.8 Å². The van der Waals surface area contributed by atoms with Gasteiger partial charge in [0.05, 0.1) is 0 Å². The summed E-state index contributed by atoms with van der Waals surface area (Å²) in [5.74, 6) is -0.499. The Morgan fingerprint density at radius 3 is 2.72 bits per heavy atom. The van der Waals surface area contributed by atoms with Crippen molar-refractivity contribution in [1.29, 1.82) is 0 Å². The molecule has 148 valence electrons. The van der Waals surface area contributed by atoms with Crippen LogP contribution < -0.4 is 5.63 Å². The van der Waals surface area contributed by atoms with Crippen molar-refractivity contribution in [2.45, 2.75) is 33.8 Å². The zero-order valence-electron chi connectivity index (χ0n) is 16.1. The van der Waals surface area contributed by atoms with Gasteiger partial charge < -0.3 is 14.3 Å². The second kappa shape index (κ2) is 7.01. The number of phenolic OH excluding ortho intramolecular Hbond substituents is 1. The van der Waals surface area contributed by atoms with Crippen LogP contribution in [0, 0.1) is 13.8 Å². The van der Waals surface area contributed by atoms with E-state index >= 15 is 0 Å². The maximum Gasteiger partial charge on any atom is 0.378 e. The van der Waals surface area contributed by atoms with Crippen molar-refractivity contribution in [3.05, 3.63) is 63.0 Å². The number of esters is 1. The average molecular weight is 394 g/mol. The standard InChI is InChI=1S/C20H18N4O5/c1-4-12-6-14-13(7-17(26)29-16(14)8-15(12)25)9-28-19(27)18-22-20-21-10(2)5-11(3)24(20)23-18/h5-8,25H,4,9H2,1-3H3. The lowest BCUT2D eigenvalue weighted by Gasteiger charge is -2.08. The van der Waals surface area contributed by atoms with Crippen LogP contribution in [0.25, 0.3) is 16.7 Å². The molecule has 0 fully saturated rings. The Morgan fingerprint density at radius 2 is 1.97 bits per heavy atom. The van der Waals surface area contributed by atoms with E-state index in [9.17, 15) is 14.7 Å². The number of fused-ring (bicyclic) bond motifs is 2. The maximum atomic E-state index is 12.5. The van der Waals surface area contributed by atoms with E-state index in [4.69, 9.17) is 9.15 Å². The third kappa shape index (κ3) is 3.42. The third-order valence-electron chi connectivity index (χ3n) is 4.57. The molecule has 0 spiro atoms. The van der Waals surface area contributed by atoms with Crippen LogP contribution in [0.2, 0.25) is 0 Å². The molecular weight excluding hydrogens is 376 g/mol. The van der Waals surface area contributed by atoms with Crippen LogP contribution in [0.4, 0.5) is 0 Å². The van der Waals surface area contributed by atoms with E-state index in [1.165, 1.54) is 16.6 Å². The molecule has 1 aromatic carbocycles. The number of carbonyl (C=O) groups excluding carboxylic acids is 1. The van der Waals surface area contributed by atoms with E-state index in [0.29, 0.717) is 28.7 Å². The summed E-state index contributed by atoms with van der Waals surface area (Å²) >= 11 is 0. The van der Waals surface area contributed by atoms with E-state index in [1.54, 1.807) is 6.07 Å². The fourth-order valence-corrected chi connectivity index (χ4v) is 3.17. The second-order valence-corrected chi connectivity index (χ2v) is 6.68. The number of benzene rings is 1. The molecule has 0 unspecified atom stereocenters. The van der Waals surface area contributed by atoms with Crippen molar-refractivity contribution in [2.24, 2.45) is 0 Å². The number of rotatable bonds is 4. The summed E-state index contributed by atoms with van der Waals surface area (Å²) in [6, 6.07) is 6.20.